The van der Waals surface area contributed by atoms with Gasteiger partial charge in [-0.3, -0.25) is 14.7 Å². The third-order valence-corrected chi connectivity index (χ3v) is 6.28. The highest BCUT2D eigenvalue weighted by atomic mass is 16.5. The lowest BCUT2D eigenvalue weighted by molar-refractivity contribution is 0.0874. The summed E-state index contributed by atoms with van der Waals surface area (Å²) in [7, 11) is 1.72. The van der Waals surface area contributed by atoms with Gasteiger partial charge < -0.3 is 10.1 Å². The number of nitrogens with zero attached hydrogens (tertiary/aromatic N) is 2. The summed E-state index contributed by atoms with van der Waals surface area (Å²) in [6, 6.07) is 21.7. The van der Waals surface area contributed by atoms with Crippen LogP contribution in [0.2, 0.25) is 0 Å². The van der Waals surface area contributed by atoms with Crippen molar-refractivity contribution in [2.24, 2.45) is 5.92 Å². The molecule has 166 valence electrons. The number of aromatic nitrogens is 1. The molecule has 1 N–H and O–H groups in total. The van der Waals surface area contributed by atoms with Crippen LogP contribution >= 0.6 is 0 Å². The van der Waals surface area contributed by atoms with Crippen LogP contribution < -0.4 is 10.1 Å². The second kappa shape index (κ2) is 10.4. The molecule has 0 aliphatic carbocycles. The molecule has 0 saturated carbocycles. The maximum Gasteiger partial charge on any atom is 0.252 e. The van der Waals surface area contributed by atoms with Crippen molar-refractivity contribution in [3.05, 3.63) is 95.3 Å². The van der Waals surface area contributed by atoms with Gasteiger partial charge in [0.25, 0.3) is 5.91 Å². The minimum atomic E-state index is -0.135. The fourth-order valence-corrected chi connectivity index (χ4v) is 4.62. The lowest BCUT2D eigenvalue weighted by Crippen LogP contribution is -2.43. The average Bonchev–Trinajstić information content (AvgIpc) is 2.84. The Morgan fingerprint density at radius 2 is 1.91 bits per heavy atom. The van der Waals surface area contributed by atoms with E-state index in [1.54, 1.807) is 13.3 Å². The second-order valence-electron chi connectivity index (χ2n) is 8.47. The number of likely N-dealkylation sites (tertiary alicyclic amines) is 1. The van der Waals surface area contributed by atoms with E-state index in [1.807, 2.05) is 61.5 Å². The van der Waals surface area contributed by atoms with E-state index in [1.165, 1.54) is 5.56 Å². The molecule has 1 fully saturated rings. The zero-order chi connectivity index (χ0) is 22.3. The number of aryl methyl sites for hydroxylation is 1. The number of benzene rings is 2. The minimum absolute atomic E-state index is 0.0411. The molecule has 2 heterocycles. The van der Waals surface area contributed by atoms with Gasteiger partial charge in [0.15, 0.2) is 0 Å². The summed E-state index contributed by atoms with van der Waals surface area (Å²) in [4.78, 5) is 20.2. The fraction of sp³-hybridized carbons (Fsp3) is 0.333. The molecule has 32 heavy (non-hydrogen) atoms. The predicted molar refractivity (Wildman–Crippen MR) is 127 cm³/mol. The third kappa shape index (κ3) is 5.17. The van der Waals surface area contributed by atoms with Gasteiger partial charge in [0.1, 0.15) is 5.75 Å². The summed E-state index contributed by atoms with van der Waals surface area (Å²) in [6.45, 7) is 4.74. The molecule has 5 heteroatoms. The van der Waals surface area contributed by atoms with Crippen molar-refractivity contribution in [2.75, 3.05) is 20.2 Å². The Kier molecular flexibility index (Phi) is 7.17. The molecule has 1 aliphatic rings. The number of rotatable bonds is 7. The van der Waals surface area contributed by atoms with Crippen molar-refractivity contribution < 1.29 is 9.53 Å². The van der Waals surface area contributed by atoms with E-state index in [2.05, 4.69) is 27.3 Å². The van der Waals surface area contributed by atoms with Gasteiger partial charge >= 0.3 is 0 Å². The fourth-order valence-electron chi connectivity index (χ4n) is 4.62. The van der Waals surface area contributed by atoms with Crippen LogP contribution in [0, 0.1) is 12.8 Å². The zero-order valence-corrected chi connectivity index (χ0v) is 18.8. The number of methoxy groups -OCH3 is 1. The number of hydrogen-bond donors (Lipinski definition) is 1. The molecule has 2 unspecified atom stereocenters. The quantitative estimate of drug-likeness (QED) is 0.587. The summed E-state index contributed by atoms with van der Waals surface area (Å²) < 4.78 is 5.55. The summed E-state index contributed by atoms with van der Waals surface area (Å²) in [5, 5.41) is 3.31. The van der Waals surface area contributed by atoms with Gasteiger partial charge in [0.2, 0.25) is 0 Å². The van der Waals surface area contributed by atoms with Crippen LogP contribution in [0.15, 0.2) is 72.9 Å². The van der Waals surface area contributed by atoms with Crippen LogP contribution in [0.1, 0.15) is 46.1 Å². The van der Waals surface area contributed by atoms with Gasteiger partial charge in [0.05, 0.1) is 18.8 Å². The van der Waals surface area contributed by atoms with Crippen LogP contribution in [-0.2, 0) is 6.54 Å². The minimum Gasteiger partial charge on any atom is -0.496 e. The van der Waals surface area contributed by atoms with E-state index in [-0.39, 0.29) is 17.9 Å². The van der Waals surface area contributed by atoms with Gasteiger partial charge in [0, 0.05) is 30.4 Å². The number of carbonyl (C=O) groups is 1. The highest BCUT2D eigenvalue weighted by Crippen LogP contribution is 2.31. The average molecular weight is 430 g/mol. The Hall–Kier alpha value is -3.18. The number of amides is 1. The monoisotopic (exact) mass is 429 g/mol. The van der Waals surface area contributed by atoms with Crippen LogP contribution in [0.25, 0.3) is 0 Å². The molecule has 0 spiro atoms. The number of piperidine rings is 1. The number of carbonyl (C=O) groups excluding carboxylic acids is 1. The Morgan fingerprint density at radius 3 is 2.69 bits per heavy atom. The SMILES string of the molecule is COc1ccccc1CN1CCCC(C(NC(=O)c2ccccc2C)c2ccccn2)C1. The van der Waals surface area contributed by atoms with Crippen LogP contribution in [0.5, 0.6) is 5.75 Å². The van der Waals surface area contributed by atoms with E-state index < -0.39 is 0 Å². The van der Waals surface area contributed by atoms with Crippen molar-refractivity contribution in [1.82, 2.24) is 15.2 Å². The van der Waals surface area contributed by atoms with E-state index in [0.29, 0.717) is 0 Å². The lowest BCUT2D eigenvalue weighted by Gasteiger charge is -2.37. The lowest BCUT2D eigenvalue weighted by atomic mass is 9.87. The maximum absolute atomic E-state index is 13.2. The summed E-state index contributed by atoms with van der Waals surface area (Å²) >= 11 is 0. The highest BCUT2D eigenvalue weighted by Gasteiger charge is 2.31. The first-order chi connectivity index (χ1) is 15.7. The van der Waals surface area contributed by atoms with Gasteiger partial charge in [-0.2, -0.15) is 0 Å². The van der Waals surface area contributed by atoms with Crippen molar-refractivity contribution in [3.63, 3.8) is 0 Å². The zero-order valence-electron chi connectivity index (χ0n) is 18.8. The number of nitrogens with one attached hydrogen (secondary N) is 1. The van der Waals surface area contributed by atoms with Crippen LogP contribution in [0.4, 0.5) is 0 Å². The first-order valence-corrected chi connectivity index (χ1v) is 11.3. The van der Waals surface area contributed by atoms with Gasteiger partial charge in [-0.15, -0.1) is 0 Å². The Balaban J connectivity index is 1.54. The van der Waals surface area contributed by atoms with Gasteiger partial charge in [-0.1, -0.05) is 42.5 Å². The molecule has 2 atom stereocenters. The molecule has 1 amide bonds. The van der Waals surface area contributed by atoms with E-state index in [4.69, 9.17) is 4.74 Å². The van der Waals surface area contributed by atoms with Crippen molar-refractivity contribution in [1.29, 1.82) is 0 Å². The molecule has 2 aromatic carbocycles. The highest BCUT2D eigenvalue weighted by molar-refractivity contribution is 5.95. The summed E-state index contributed by atoms with van der Waals surface area (Å²) in [5.74, 6) is 1.16. The van der Waals surface area contributed by atoms with E-state index >= 15 is 0 Å². The molecule has 0 bridgehead atoms. The summed E-state index contributed by atoms with van der Waals surface area (Å²) in [5.41, 5.74) is 3.80. The van der Waals surface area contributed by atoms with E-state index in [0.717, 1.165) is 55.0 Å². The molecule has 5 nitrogen and oxygen atoms in total. The first kappa shape index (κ1) is 22.0. The van der Waals surface area contributed by atoms with Gasteiger partial charge in [-0.05, 0) is 62.1 Å². The third-order valence-electron chi connectivity index (χ3n) is 6.28. The Labute approximate surface area is 190 Å². The van der Waals surface area contributed by atoms with Gasteiger partial charge in [-0.25, -0.2) is 0 Å². The number of para-hydroxylation sites is 1. The predicted octanol–water partition coefficient (Wildman–Crippen LogP) is 4.78. The van der Waals surface area contributed by atoms with Crippen LogP contribution in [-0.4, -0.2) is 36.0 Å². The number of ether oxygens (including phenoxy) is 1. The first-order valence-electron chi connectivity index (χ1n) is 11.3. The molecule has 3 aromatic rings. The number of hydrogen-bond acceptors (Lipinski definition) is 4. The topological polar surface area (TPSA) is 54.5 Å². The molecule has 1 aliphatic heterocycles. The van der Waals surface area contributed by atoms with Crippen molar-refractivity contribution in [3.8, 4) is 5.75 Å². The van der Waals surface area contributed by atoms with Crippen molar-refractivity contribution >= 4 is 5.91 Å². The molecule has 4 rings (SSSR count). The normalized spacial score (nSPS) is 17.5. The maximum atomic E-state index is 13.2. The molecular weight excluding hydrogens is 398 g/mol. The number of pyridine rings is 1. The summed E-state index contributed by atoms with van der Waals surface area (Å²) in [6.07, 6.45) is 3.94. The molecule has 1 aromatic heterocycles. The smallest absolute Gasteiger partial charge is 0.252 e. The largest absolute Gasteiger partial charge is 0.496 e. The molecule has 0 radical (unpaired) electrons. The van der Waals surface area contributed by atoms with Crippen LogP contribution in [0.3, 0.4) is 0 Å². The van der Waals surface area contributed by atoms with E-state index in [9.17, 15) is 4.79 Å². The Morgan fingerprint density at radius 1 is 1.12 bits per heavy atom. The molecular formula is C27H31N3O2. The van der Waals surface area contributed by atoms with Crippen molar-refractivity contribution in [2.45, 2.75) is 32.4 Å². The molecule has 1 saturated heterocycles. The second-order valence-corrected chi connectivity index (χ2v) is 8.47. The standard InChI is InChI=1S/C27H31N3O2/c1-20-10-3-5-13-23(20)27(31)29-26(24-14-7-8-16-28-24)22-12-9-17-30(19-22)18-21-11-4-6-15-25(21)32-2/h3-8,10-11,13-16,22,26H,9,12,17-19H2,1-2H3,(H,29,31). The Bertz CT molecular complexity index is 1040.